The van der Waals surface area contributed by atoms with E-state index < -0.39 is 26.7 Å². The minimum Gasteiger partial charge on any atom is -0.806 e. The number of rotatable bonds is 2. The lowest BCUT2D eigenvalue weighted by Crippen LogP contribution is -2.14. The van der Waals surface area contributed by atoms with Crippen LogP contribution in [0, 0.1) is 25.4 Å². The fourth-order valence-electron chi connectivity index (χ4n) is 0.787. The number of hydrogen-bond donors (Lipinski definition) is 0. The fourth-order valence-corrected chi connectivity index (χ4v) is 0.787. The summed E-state index contributed by atoms with van der Waals surface area (Å²) in [6.45, 7) is 0. The first-order valence-corrected chi connectivity index (χ1v) is 3.16. The van der Waals surface area contributed by atoms with Crippen LogP contribution >= 0.6 is 0 Å². The van der Waals surface area contributed by atoms with Gasteiger partial charge in [-0.25, -0.2) is 0 Å². The molecule has 14 heavy (non-hydrogen) atoms. The monoisotopic (exact) mass is 200 g/mol. The Kier molecular flexibility index (Phi) is 2.15. The topological polar surface area (TPSA) is 131 Å². The molecule has 0 aliphatic heterocycles. The second-order valence-electron chi connectivity index (χ2n) is 2.23. The Hall–Kier alpha value is -2.45. The van der Waals surface area contributed by atoms with Crippen LogP contribution in [0.5, 0.6) is 0 Å². The van der Waals surface area contributed by atoms with Gasteiger partial charge in [0.2, 0.25) is 0 Å². The van der Waals surface area contributed by atoms with E-state index in [0.717, 1.165) is 0 Å². The van der Waals surface area contributed by atoms with Crippen LogP contribution in [0.2, 0.25) is 0 Å². The Morgan fingerprint density at radius 1 is 1.07 bits per heavy atom. The summed E-state index contributed by atoms with van der Waals surface area (Å²) in [5.74, 6) is 0. The van der Waals surface area contributed by atoms with E-state index in [2.05, 4.69) is 0 Å². The molecule has 1 rings (SSSR count). The minimum atomic E-state index is -1.38. The van der Waals surface area contributed by atoms with Gasteiger partial charge in [-0.3, -0.25) is 25.0 Å². The van der Waals surface area contributed by atoms with Crippen molar-refractivity contribution < 1.29 is 9.85 Å². The van der Waals surface area contributed by atoms with Crippen LogP contribution in [0.3, 0.4) is 0 Å². The Labute approximate surface area is 75.1 Å². The fraction of sp³-hybridized carbons (Fsp3) is 0. The van der Waals surface area contributed by atoms with Crippen LogP contribution in [-0.2, 0) is 0 Å². The molecule has 0 spiro atoms. The maximum atomic E-state index is 11.0. The SMILES string of the molecule is O=c1c([N+](=O)[O-])cn([O-])cc1[N+](=O)[O-]. The Balaban J connectivity index is 3.56. The second-order valence-corrected chi connectivity index (χ2v) is 2.23. The van der Waals surface area contributed by atoms with E-state index in [0.29, 0.717) is 12.4 Å². The summed E-state index contributed by atoms with van der Waals surface area (Å²) in [6, 6.07) is 0. The summed E-state index contributed by atoms with van der Waals surface area (Å²) < 4.78 is -0.155. The Morgan fingerprint density at radius 3 is 1.71 bits per heavy atom. The molecule has 9 heteroatoms. The number of nitrogens with zero attached hydrogens (tertiary/aromatic N) is 3. The highest BCUT2D eigenvalue weighted by Crippen LogP contribution is 2.10. The zero-order chi connectivity index (χ0) is 10.9. The summed E-state index contributed by atoms with van der Waals surface area (Å²) in [5.41, 5.74) is -3.62. The highest BCUT2D eigenvalue weighted by atomic mass is 16.6. The average Bonchev–Trinajstić information content (AvgIpc) is 2.07. The first-order chi connectivity index (χ1) is 6.43. The molecule has 0 atom stereocenters. The molecule has 0 aliphatic carbocycles. The van der Waals surface area contributed by atoms with Gasteiger partial charge >= 0.3 is 16.8 Å². The predicted octanol–water partition coefficient (Wildman–Crippen LogP) is 0.0106. The highest BCUT2D eigenvalue weighted by molar-refractivity contribution is 5.39. The molecule has 9 nitrogen and oxygen atoms in total. The van der Waals surface area contributed by atoms with E-state index in [1.165, 1.54) is 0 Å². The van der Waals surface area contributed by atoms with Crippen molar-refractivity contribution in [2.75, 3.05) is 0 Å². The lowest BCUT2D eigenvalue weighted by atomic mass is 10.3. The van der Waals surface area contributed by atoms with Gasteiger partial charge in [-0.05, 0) is 0 Å². The minimum absolute atomic E-state index is 0.155. The molecular formula is C5H2N3O6-. The van der Waals surface area contributed by atoms with Gasteiger partial charge in [-0.1, -0.05) is 0 Å². The van der Waals surface area contributed by atoms with Crippen LogP contribution < -0.4 is 5.43 Å². The van der Waals surface area contributed by atoms with Crippen molar-refractivity contribution in [2.24, 2.45) is 0 Å². The molecule has 1 aromatic rings. The molecule has 0 unspecified atom stereocenters. The quantitative estimate of drug-likeness (QED) is 0.487. The van der Waals surface area contributed by atoms with E-state index in [1.54, 1.807) is 0 Å². The Bertz CT molecular complexity index is 425. The standard InChI is InChI=1S/C5H2N3O6/c9-5-3(7(11)12)1-6(10)2-4(5)8(13)14/h1-2H/q-1. The van der Waals surface area contributed by atoms with Crippen molar-refractivity contribution >= 4 is 11.4 Å². The largest absolute Gasteiger partial charge is 0.806 e. The number of aromatic nitrogens is 1. The first-order valence-electron chi connectivity index (χ1n) is 3.16. The number of hydrogen-bond acceptors (Lipinski definition) is 6. The van der Waals surface area contributed by atoms with E-state index in [1.807, 2.05) is 0 Å². The van der Waals surface area contributed by atoms with E-state index in [-0.39, 0.29) is 4.73 Å². The molecule has 0 saturated heterocycles. The second kappa shape index (κ2) is 3.12. The summed E-state index contributed by atoms with van der Waals surface area (Å²) >= 11 is 0. The number of nitro groups is 2. The molecule has 0 aromatic carbocycles. The third-order valence-corrected chi connectivity index (χ3v) is 1.36. The molecule has 0 bridgehead atoms. The lowest BCUT2D eigenvalue weighted by molar-refractivity contribution is -0.397. The van der Waals surface area contributed by atoms with Crippen molar-refractivity contribution in [1.29, 1.82) is 0 Å². The zero-order valence-corrected chi connectivity index (χ0v) is 6.45. The molecule has 0 aliphatic rings. The molecule has 0 N–H and O–H groups in total. The smallest absolute Gasteiger partial charge is 0.339 e. The van der Waals surface area contributed by atoms with Gasteiger partial charge in [0.05, 0.1) is 22.2 Å². The van der Waals surface area contributed by atoms with Gasteiger partial charge in [-0.2, -0.15) is 0 Å². The van der Waals surface area contributed by atoms with E-state index in [4.69, 9.17) is 0 Å². The first kappa shape index (κ1) is 9.64. The van der Waals surface area contributed by atoms with Crippen molar-refractivity contribution in [3.8, 4) is 0 Å². The molecule has 0 amide bonds. The third-order valence-electron chi connectivity index (χ3n) is 1.36. The highest BCUT2D eigenvalue weighted by Gasteiger charge is 2.22. The maximum Gasteiger partial charge on any atom is 0.339 e. The average molecular weight is 200 g/mol. The van der Waals surface area contributed by atoms with E-state index >= 15 is 0 Å². The third kappa shape index (κ3) is 1.50. The van der Waals surface area contributed by atoms with Crippen molar-refractivity contribution in [2.45, 2.75) is 0 Å². The predicted molar refractivity (Wildman–Crippen MR) is 42.8 cm³/mol. The molecule has 1 heterocycles. The molecule has 0 fully saturated rings. The van der Waals surface area contributed by atoms with Gasteiger partial charge in [-0.15, -0.1) is 0 Å². The molecular weight excluding hydrogens is 198 g/mol. The zero-order valence-electron chi connectivity index (χ0n) is 6.45. The van der Waals surface area contributed by atoms with Crippen LogP contribution in [0.25, 0.3) is 0 Å². The number of pyridine rings is 1. The molecule has 0 saturated carbocycles. The lowest BCUT2D eigenvalue weighted by Gasteiger charge is -2.07. The van der Waals surface area contributed by atoms with E-state index in [9.17, 15) is 30.2 Å². The van der Waals surface area contributed by atoms with Gasteiger partial charge in [0.25, 0.3) is 0 Å². The van der Waals surface area contributed by atoms with Gasteiger partial charge in [0.15, 0.2) is 0 Å². The van der Waals surface area contributed by atoms with Crippen LogP contribution in [-0.4, -0.2) is 14.6 Å². The summed E-state index contributed by atoms with van der Waals surface area (Å²) in [6.07, 6.45) is 0.741. The van der Waals surface area contributed by atoms with Crippen molar-refractivity contribution in [1.82, 2.24) is 4.73 Å². The van der Waals surface area contributed by atoms with Gasteiger partial charge in [0.1, 0.15) is 0 Å². The van der Waals surface area contributed by atoms with Gasteiger partial charge < -0.3 is 9.94 Å². The normalized spacial score (nSPS) is 9.71. The van der Waals surface area contributed by atoms with Crippen LogP contribution in [0.4, 0.5) is 11.4 Å². The molecule has 0 radical (unpaired) electrons. The van der Waals surface area contributed by atoms with Gasteiger partial charge in [0, 0.05) is 0 Å². The van der Waals surface area contributed by atoms with Crippen LogP contribution in [0.15, 0.2) is 17.2 Å². The summed E-state index contributed by atoms with van der Waals surface area (Å²) in [5, 5.41) is 31.0. The Morgan fingerprint density at radius 2 is 1.43 bits per heavy atom. The van der Waals surface area contributed by atoms with Crippen molar-refractivity contribution in [3.05, 3.63) is 48.1 Å². The maximum absolute atomic E-state index is 11.0. The molecule has 1 aromatic heterocycles. The van der Waals surface area contributed by atoms with Crippen LogP contribution in [0.1, 0.15) is 0 Å². The molecule has 74 valence electrons. The summed E-state index contributed by atoms with van der Waals surface area (Å²) in [7, 11) is 0. The van der Waals surface area contributed by atoms with Crippen molar-refractivity contribution in [3.63, 3.8) is 0 Å². The summed E-state index contributed by atoms with van der Waals surface area (Å²) in [4.78, 5) is 29.0.